The third kappa shape index (κ3) is 3.47. The van der Waals surface area contributed by atoms with Crippen molar-refractivity contribution in [1.82, 2.24) is 10.6 Å². The highest BCUT2D eigenvalue weighted by molar-refractivity contribution is 5.78. The summed E-state index contributed by atoms with van der Waals surface area (Å²) in [5.74, 6) is 0.0651. The summed E-state index contributed by atoms with van der Waals surface area (Å²) < 4.78 is 0. The Hall–Kier alpha value is -0.610. The number of nitrogens with one attached hydrogen (secondary N) is 2. The Labute approximate surface area is 90.4 Å². The number of hydrogen-bond acceptors (Lipinski definition) is 3. The van der Waals surface area contributed by atoms with Gasteiger partial charge in [0.05, 0.1) is 12.6 Å². The molecule has 0 aromatic heterocycles. The smallest absolute Gasteiger partial charge is 0.234 e. The third-order valence-corrected chi connectivity index (χ3v) is 3.20. The van der Waals surface area contributed by atoms with Gasteiger partial charge in [-0.05, 0) is 25.7 Å². The average Bonchev–Trinajstić information content (AvgIpc) is 3.00. The minimum Gasteiger partial charge on any atom is -0.392 e. The predicted octanol–water partition coefficient (Wildman–Crippen LogP) is 0.158. The van der Waals surface area contributed by atoms with E-state index in [9.17, 15) is 9.90 Å². The van der Waals surface area contributed by atoms with Gasteiger partial charge < -0.3 is 15.7 Å². The molecule has 0 radical (unpaired) electrons. The topological polar surface area (TPSA) is 61.4 Å². The van der Waals surface area contributed by atoms with E-state index < -0.39 is 0 Å². The van der Waals surface area contributed by atoms with Crippen LogP contribution in [0.4, 0.5) is 0 Å². The highest BCUT2D eigenvalue weighted by Crippen LogP contribution is 2.19. The maximum absolute atomic E-state index is 11.4. The Morgan fingerprint density at radius 1 is 1.20 bits per heavy atom. The summed E-state index contributed by atoms with van der Waals surface area (Å²) in [6, 6.07) is 0.541. The second kappa shape index (κ2) is 4.94. The standard InChI is InChI=1S/C11H20N2O2/c14-10-4-2-1-3-9(10)12-7-11(15)13-8-5-6-8/h8-10,12,14H,1-7H2,(H,13,15). The summed E-state index contributed by atoms with van der Waals surface area (Å²) in [7, 11) is 0. The number of hydrogen-bond donors (Lipinski definition) is 3. The summed E-state index contributed by atoms with van der Waals surface area (Å²) >= 11 is 0. The van der Waals surface area contributed by atoms with Crippen LogP contribution in [0.3, 0.4) is 0 Å². The number of aliphatic hydroxyl groups excluding tert-OH is 1. The molecule has 1 amide bonds. The van der Waals surface area contributed by atoms with Crippen molar-refractivity contribution in [3.8, 4) is 0 Å². The number of amides is 1. The zero-order valence-electron chi connectivity index (χ0n) is 9.04. The van der Waals surface area contributed by atoms with Crippen LogP contribution in [0, 0.1) is 0 Å². The van der Waals surface area contributed by atoms with Crippen LogP contribution < -0.4 is 10.6 Å². The second-order valence-corrected chi connectivity index (χ2v) is 4.68. The molecule has 0 aliphatic heterocycles. The number of carbonyl (C=O) groups excluding carboxylic acids is 1. The summed E-state index contributed by atoms with van der Waals surface area (Å²) in [4.78, 5) is 11.4. The monoisotopic (exact) mass is 212 g/mol. The van der Waals surface area contributed by atoms with E-state index in [1.165, 1.54) is 0 Å². The molecule has 0 aromatic rings. The molecule has 0 saturated heterocycles. The van der Waals surface area contributed by atoms with Gasteiger partial charge in [0.1, 0.15) is 0 Å². The summed E-state index contributed by atoms with van der Waals surface area (Å²) in [6.45, 7) is 0.345. The Kier molecular flexibility index (Phi) is 3.59. The zero-order valence-corrected chi connectivity index (χ0v) is 9.04. The van der Waals surface area contributed by atoms with Crippen LogP contribution in [0.15, 0.2) is 0 Å². The van der Waals surface area contributed by atoms with Crippen molar-refractivity contribution < 1.29 is 9.90 Å². The van der Waals surface area contributed by atoms with Crippen LogP contribution in [-0.4, -0.2) is 35.7 Å². The molecule has 2 aliphatic carbocycles. The molecule has 4 nitrogen and oxygen atoms in total. The highest BCUT2D eigenvalue weighted by Gasteiger charge is 2.25. The van der Waals surface area contributed by atoms with Crippen LogP contribution in [0.1, 0.15) is 38.5 Å². The van der Waals surface area contributed by atoms with Crippen LogP contribution in [0.25, 0.3) is 0 Å². The number of carbonyl (C=O) groups is 1. The molecule has 2 fully saturated rings. The van der Waals surface area contributed by atoms with Crippen molar-refractivity contribution >= 4 is 5.91 Å². The molecule has 0 spiro atoms. The van der Waals surface area contributed by atoms with E-state index in [1.54, 1.807) is 0 Å². The molecule has 15 heavy (non-hydrogen) atoms. The lowest BCUT2D eigenvalue weighted by molar-refractivity contribution is -0.120. The third-order valence-electron chi connectivity index (χ3n) is 3.20. The first-order valence-electron chi connectivity index (χ1n) is 5.96. The van der Waals surface area contributed by atoms with Gasteiger partial charge in [-0.3, -0.25) is 4.79 Å². The molecule has 86 valence electrons. The van der Waals surface area contributed by atoms with Crippen molar-refractivity contribution in [2.75, 3.05) is 6.54 Å². The van der Waals surface area contributed by atoms with E-state index in [0.717, 1.165) is 38.5 Å². The fourth-order valence-corrected chi connectivity index (χ4v) is 2.08. The Balaban J connectivity index is 1.64. The molecule has 2 aliphatic rings. The van der Waals surface area contributed by atoms with Crippen molar-refractivity contribution in [3.05, 3.63) is 0 Å². The Morgan fingerprint density at radius 2 is 1.93 bits per heavy atom. The van der Waals surface area contributed by atoms with E-state index >= 15 is 0 Å². The fourth-order valence-electron chi connectivity index (χ4n) is 2.08. The first kappa shape index (κ1) is 10.9. The van der Waals surface area contributed by atoms with Gasteiger partial charge in [-0.2, -0.15) is 0 Å². The van der Waals surface area contributed by atoms with E-state index in [4.69, 9.17) is 0 Å². The molecular formula is C11H20N2O2. The van der Waals surface area contributed by atoms with Gasteiger partial charge >= 0.3 is 0 Å². The van der Waals surface area contributed by atoms with Gasteiger partial charge in [0.2, 0.25) is 5.91 Å². The fraction of sp³-hybridized carbons (Fsp3) is 0.909. The van der Waals surface area contributed by atoms with Crippen LogP contribution in [0.5, 0.6) is 0 Å². The number of rotatable bonds is 4. The van der Waals surface area contributed by atoms with Crippen molar-refractivity contribution in [3.63, 3.8) is 0 Å². The first-order chi connectivity index (χ1) is 7.25. The minimum atomic E-state index is -0.271. The Bertz CT molecular complexity index is 229. The predicted molar refractivity (Wildman–Crippen MR) is 57.4 cm³/mol. The molecule has 2 saturated carbocycles. The van der Waals surface area contributed by atoms with Gasteiger partial charge in [-0.15, -0.1) is 0 Å². The first-order valence-corrected chi connectivity index (χ1v) is 5.96. The normalized spacial score (nSPS) is 31.3. The molecule has 2 atom stereocenters. The lowest BCUT2D eigenvalue weighted by Gasteiger charge is -2.28. The SMILES string of the molecule is O=C(CNC1CCCCC1O)NC1CC1. The molecule has 2 rings (SSSR count). The average molecular weight is 212 g/mol. The van der Waals surface area contributed by atoms with Gasteiger partial charge in [-0.1, -0.05) is 12.8 Å². The molecule has 4 heteroatoms. The molecular weight excluding hydrogens is 192 g/mol. The van der Waals surface area contributed by atoms with Crippen LogP contribution in [0.2, 0.25) is 0 Å². The molecule has 0 aromatic carbocycles. The lowest BCUT2D eigenvalue weighted by Crippen LogP contribution is -2.46. The van der Waals surface area contributed by atoms with E-state index in [1.807, 2.05) is 0 Å². The van der Waals surface area contributed by atoms with Gasteiger partial charge in [0.25, 0.3) is 0 Å². The highest BCUT2D eigenvalue weighted by atomic mass is 16.3. The summed E-state index contributed by atoms with van der Waals surface area (Å²) in [5, 5.41) is 15.7. The van der Waals surface area contributed by atoms with E-state index in [-0.39, 0.29) is 18.1 Å². The van der Waals surface area contributed by atoms with Gasteiger partial charge in [0.15, 0.2) is 0 Å². The summed E-state index contributed by atoms with van der Waals surface area (Å²) in [5.41, 5.74) is 0. The molecule has 0 heterocycles. The summed E-state index contributed by atoms with van der Waals surface area (Å²) in [6.07, 6.45) is 6.08. The molecule has 3 N–H and O–H groups in total. The quantitative estimate of drug-likeness (QED) is 0.622. The molecule has 0 bridgehead atoms. The minimum absolute atomic E-state index is 0.0651. The van der Waals surface area contributed by atoms with Gasteiger partial charge in [0, 0.05) is 12.1 Å². The van der Waals surface area contributed by atoms with Crippen molar-refractivity contribution in [2.24, 2.45) is 0 Å². The van der Waals surface area contributed by atoms with Crippen molar-refractivity contribution in [1.29, 1.82) is 0 Å². The maximum Gasteiger partial charge on any atom is 0.234 e. The van der Waals surface area contributed by atoms with Crippen LogP contribution >= 0.6 is 0 Å². The van der Waals surface area contributed by atoms with E-state index in [2.05, 4.69) is 10.6 Å². The van der Waals surface area contributed by atoms with Gasteiger partial charge in [-0.25, -0.2) is 0 Å². The zero-order chi connectivity index (χ0) is 10.7. The van der Waals surface area contributed by atoms with E-state index in [0.29, 0.717) is 12.6 Å². The maximum atomic E-state index is 11.4. The Morgan fingerprint density at radius 3 is 2.60 bits per heavy atom. The largest absolute Gasteiger partial charge is 0.392 e. The lowest BCUT2D eigenvalue weighted by atomic mass is 9.93. The molecule has 2 unspecified atom stereocenters. The number of aliphatic hydroxyl groups is 1. The van der Waals surface area contributed by atoms with Crippen LogP contribution in [-0.2, 0) is 4.79 Å². The second-order valence-electron chi connectivity index (χ2n) is 4.68. The van der Waals surface area contributed by atoms with Crippen molar-refractivity contribution in [2.45, 2.75) is 56.7 Å².